The largest absolute Gasteiger partial charge is 0.299 e. The molecule has 8 heteroatoms. The van der Waals surface area contributed by atoms with Gasteiger partial charge in [0, 0.05) is 5.56 Å². The van der Waals surface area contributed by atoms with Crippen molar-refractivity contribution in [2.45, 2.75) is 13.5 Å². The number of amides is 1. The van der Waals surface area contributed by atoms with Crippen molar-refractivity contribution in [3.05, 3.63) is 70.8 Å². The molecule has 4 aromatic rings. The van der Waals surface area contributed by atoms with Gasteiger partial charge in [0.1, 0.15) is 11.6 Å². The van der Waals surface area contributed by atoms with Crippen molar-refractivity contribution in [2.24, 2.45) is 0 Å². The summed E-state index contributed by atoms with van der Waals surface area (Å²) in [6.45, 7) is 1.75. The lowest BCUT2D eigenvalue weighted by Crippen LogP contribution is -2.28. The zero-order chi connectivity index (χ0) is 18.8. The second kappa shape index (κ2) is 7.08. The van der Waals surface area contributed by atoms with Crippen molar-refractivity contribution >= 4 is 33.3 Å². The molecule has 0 aliphatic rings. The first-order valence-corrected chi connectivity index (χ1v) is 9.07. The number of fused-ring (bicyclic) bond motifs is 1. The van der Waals surface area contributed by atoms with E-state index < -0.39 is 0 Å². The van der Waals surface area contributed by atoms with E-state index in [2.05, 4.69) is 20.5 Å². The van der Waals surface area contributed by atoms with Crippen LogP contribution in [0.4, 0.5) is 5.13 Å². The Bertz CT molecular complexity index is 1180. The summed E-state index contributed by atoms with van der Waals surface area (Å²) in [6.07, 6.45) is 1.40. The van der Waals surface area contributed by atoms with E-state index in [4.69, 9.17) is 0 Å². The third-order valence-electron chi connectivity index (χ3n) is 4.06. The van der Waals surface area contributed by atoms with Gasteiger partial charge in [0.25, 0.3) is 5.56 Å². The molecule has 7 nitrogen and oxygen atoms in total. The predicted molar refractivity (Wildman–Crippen MR) is 105 cm³/mol. The maximum atomic E-state index is 12.6. The van der Waals surface area contributed by atoms with Crippen molar-refractivity contribution < 1.29 is 4.79 Å². The Hall–Kier alpha value is -3.39. The number of para-hydroxylation sites is 1. The van der Waals surface area contributed by atoms with Crippen LogP contribution in [0.3, 0.4) is 0 Å². The van der Waals surface area contributed by atoms with Crippen LogP contribution in [0, 0.1) is 6.92 Å². The summed E-state index contributed by atoms with van der Waals surface area (Å²) in [4.78, 5) is 29.2. The molecule has 0 aliphatic heterocycles. The number of rotatable bonds is 4. The lowest BCUT2D eigenvalue weighted by atomic mass is 10.1. The monoisotopic (exact) mass is 377 g/mol. The van der Waals surface area contributed by atoms with Crippen molar-refractivity contribution in [1.82, 2.24) is 19.7 Å². The Morgan fingerprint density at radius 2 is 1.93 bits per heavy atom. The second-order valence-electron chi connectivity index (χ2n) is 5.98. The van der Waals surface area contributed by atoms with Crippen LogP contribution in [0.25, 0.3) is 21.5 Å². The molecule has 2 aromatic heterocycles. The molecule has 4 rings (SSSR count). The van der Waals surface area contributed by atoms with Gasteiger partial charge < -0.3 is 0 Å². The molecule has 2 aromatic carbocycles. The van der Waals surface area contributed by atoms with Gasteiger partial charge in [-0.25, -0.2) is 4.98 Å². The molecule has 0 atom stereocenters. The summed E-state index contributed by atoms with van der Waals surface area (Å²) in [7, 11) is 0. The molecule has 1 amide bonds. The molecule has 0 bridgehead atoms. The number of hydrogen-bond donors (Lipinski definition) is 1. The van der Waals surface area contributed by atoms with E-state index in [9.17, 15) is 9.59 Å². The maximum Gasteiger partial charge on any atom is 0.261 e. The molecule has 27 heavy (non-hydrogen) atoms. The van der Waals surface area contributed by atoms with Crippen LogP contribution < -0.4 is 10.9 Å². The van der Waals surface area contributed by atoms with Crippen LogP contribution in [-0.2, 0) is 11.3 Å². The Morgan fingerprint density at radius 3 is 2.74 bits per heavy atom. The van der Waals surface area contributed by atoms with E-state index in [1.54, 1.807) is 12.1 Å². The third-order valence-corrected chi connectivity index (χ3v) is 4.95. The Morgan fingerprint density at radius 1 is 1.11 bits per heavy atom. The third kappa shape index (κ3) is 3.47. The van der Waals surface area contributed by atoms with Crippen LogP contribution in [0.1, 0.15) is 5.56 Å². The Balaban J connectivity index is 1.52. The predicted octanol–water partition coefficient (Wildman–Crippen LogP) is 2.86. The standard InChI is InChI=1S/C19H15N5O2S/c1-12-6-5-9-14-16(12)20-11-24(18(14)26)10-15(25)21-19-23-22-17(27-19)13-7-3-2-4-8-13/h2-9,11H,10H2,1H3,(H,21,23,25). The molecule has 0 saturated heterocycles. The van der Waals surface area contributed by atoms with Crippen LogP contribution in [-0.4, -0.2) is 25.7 Å². The summed E-state index contributed by atoms with van der Waals surface area (Å²) in [6, 6.07) is 15.0. The first-order chi connectivity index (χ1) is 13.1. The molecule has 0 unspecified atom stereocenters. The quantitative estimate of drug-likeness (QED) is 0.591. The van der Waals surface area contributed by atoms with Gasteiger partial charge in [0.2, 0.25) is 11.0 Å². The van der Waals surface area contributed by atoms with Crippen LogP contribution in [0.5, 0.6) is 0 Å². The summed E-state index contributed by atoms with van der Waals surface area (Å²) in [5.41, 5.74) is 2.25. The number of aryl methyl sites for hydroxylation is 1. The van der Waals surface area contributed by atoms with E-state index in [0.717, 1.165) is 11.1 Å². The van der Waals surface area contributed by atoms with E-state index in [0.29, 0.717) is 21.0 Å². The fourth-order valence-electron chi connectivity index (χ4n) is 2.73. The molecule has 1 N–H and O–H groups in total. The fourth-order valence-corrected chi connectivity index (χ4v) is 3.50. The number of aromatic nitrogens is 4. The summed E-state index contributed by atoms with van der Waals surface area (Å²) in [5.74, 6) is -0.360. The molecular formula is C19H15N5O2S. The lowest BCUT2D eigenvalue weighted by molar-refractivity contribution is -0.116. The molecule has 0 spiro atoms. The van der Waals surface area contributed by atoms with E-state index >= 15 is 0 Å². The molecule has 0 aliphatic carbocycles. The van der Waals surface area contributed by atoms with E-state index in [1.807, 2.05) is 43.3 Å². The van der Waals surface area contributed by atoms with Crippen molar-refractivity contribution in [2.75, 3.05) is 5.32 Å². The van der Waals surface area contributed by atoms with Gasteiger partial charge in [-0.1, -0.05) is 53.8 Å². The number of nitrogens with one attached hydrogen (secondary N) is 1. The highest BCUT2D eigenvalue weighted by Crippen LogP contribution is 2.25. The summed E-state index contributed by atoms with van der Waals surface area (Å²) >= 11 is 1.28. The minimum atomic E-state index is -0.360. The highest BCUT2D eigenvalue weighted by atomic mass is 32.1. The number of hydrogen-bond acceptors (Lipinski definition) is 6. The number of anilines is 1. The van der Waals surface area contributed by atoms with Crippen LogP contribution in [0.15, 0.2) is 59.7 Å². The zero-order valence-corrected chi connectivity index (χ0v) is 15.2. The average Bonchev–Trinajstić information content (AvgIpc) is 3.14. The average molecular weight is 377 g/mol. The SMILES string of the molecule is Cc1cccc2c(=O)n(CC(=O)Nc3nnc(-c4ccccc4)s3)cnc12. The molecule has 0 radical (unpaired) electrons. The van der Waals surface area contributed by atoms with Gasteiger partial charge in [0.15, 0.2) is 0 Å². The normalized spacial score (nSPS) is 10.9. The lowest BCUT2D eigenvalue weighted by Gasteiger charge is -2.07. The molecule has 134 valence electrons. The number of carbonyl (C=O) groups is 1. The summed E-state index contributed by atoms with van der Waals surface area (Å²) in [5, 5.41) is 12.4. The van der Waals surface area contributed by atoms with Crippen molar-refractivity contribution in [3.63, 3.8) is 0 Å². The number of carbonyl (C=O) groups excluding carboxylic acids is 1. The Kier molecular flexibility index (Phi) is 4.47. The topological polar surface area (TPSA) is 89.8 Å². The number of benzene rings is 2. The smallest absolute Gasteiger partial charge is 0.261 e. The van der Waals surface area contributed by atoms with Gasteiger partial charge in [-0.15, -0.1) is 10.2 Å². The van der Waals surface area contributed by atoms with Gasteiger partial charge >= 0.3 is 0 Å². The highest BCUT2D eigenvalue weighted by molar-refractivity contribution is 7.18. The Labute approximate surface area is 158 Å². The molecular weight excluding hydrogens is 362 g/mol. The van der Waals surface area contributed by atoms with Gasteiger partial charge in [-0.05, 0) is 18.6 Å². The van der Waals surface area contributed by atoms with Crippen molar-refractivity contribution in [3.8, 4) is 10.6 Å². The van der Waals surface area contributed by atoms with E-state index in [1.165, 1.54) is 22.2 Å². The molecule has 0 fully saturated rings. The highest BCUT2D eigenvalue weighted by Gasteiger charge is 2.12. The minimum absolute atomic E-state index is 0.143. The van der Waals surface area contributed by atoms with Crippen molar-refractivity contribution in [1.29, 1.82) is 0 Å². The second-order valence-corrected chi connectivity index (χ2v) is 6.95. The fraction of sp³-hybridized carbons (Fsp3) is 0.105. The first-order valence-electron chi connectivity index (χ1n) is 8.25. The van der Waals surface area contributed by atoms with Gasteiger partial charge in [-0.3, -0.25) is 19.5 Å². The van der Waals surface area contributed by atoms with E-state index in [-0.39, 0.29) is 18.0 Å². The molecule has 2 heterocycles. The van der Waals surface area contributed by atoms with Gasteiger partial charge in [0.05, 0.1) is 17.2 Å². The summed E-state index contributed by atoms with van der Waals surface area (Å²) < 4.78 is 1.29. The van der Waals surface area contributed by atoms with Crippen LogP contribution in [0.2, 0.25) is 0 Å². The maximum absolute atomic E-state index is 12.6. The zero-order valence-electron chi connectivity index (χ0n) is 14.4. The minimum Gasteiger partial charge on any atom is -0.299 e. The molecule has 0 saturated carbocycles. The van der Waals surface area contributed by atoms with Gasteiger partial charge in [-0.2, -0.15) is 0 Å². The number of nitrogens with zero attached hydrogens (tertiary/aromatic N) is 4. The van der Waals surface area contributed by atoms with Crippen LogP contribution >= 0.6 is 11.3 Å². The first kappa shape index (κ1) is 17.0.